The van der Waals surface area contributed by atoms with Gasteiger partial charge in [0.25, 0.3) is 0 Å². The van der Waals surface area contributed by atoms with Gasteiger partial charge in [0, 0.05) is 30.5 Å². The lowest BCUT2D eigenvalue weighted by Crippen LogP contribution is -2.24. The number of aryl methyl sites for hydroxylation is 1. The molecule has 4 aromatic rings. The normalized spacial score (nSPS) is 10.9. The number of hydrogen-bond donors (Lipinski definition) is 1. The van der Waals surface area contributed by atoms with Crippen LogP contribution in [0, 0.1) is 6.92 Å². The lowest BCUT2D eigenvalue weighted by atomic mass is 10.1. The molecule has 0 unspecified atom stereocenters. The third-order valence-electron chi connectivity index (χ3n) is 5.30. The molecule has 0 aliphatic rings. The van der Waals surface area contributed by atoms with E-state index < -0.39 is 0 Å². The first-order chi connectivity index (χ1) is 14.6. The van der Waals surface area contributed by atoms with Gasteiger partial charge < -0.3 is 10.2 Å². The number of benzene rings is 2. The van der Waals surface area contributed by atoms with Crippen LogP contribution in [0.5, 0.6) is 0 Å². The van der Waals surface area contributed by atoms with E-state index in [0.717, 1.165) is 35.8 Å². The van der Waals surface area contributed by atoms with Gasteiger partial charge in [-0.05, 0) is 56.7 Å². The minimum absolute atomic E-state index is 0.0355. The summed E-state index contributed by atoms with van der Waals surface area (Å²) in [5, 5.41) is 4.06. The van der Waals surface area contributed by atoms with Gasteiger partial charge in [-0.3, -0.25) is 9.36 Å². The van der Waals surface area contributed by atoms with Crippen LogP contribution in [0.2, 0.25) is 0 Å². The van der Waals surface area contributed by atoms with E-state index in [4.69, 9.17) is 4.98 Å². The number of nitrogens with zero attached hydrogens (tertiary/aromatic N) is 3. The third kappa shape index (κ3) is 3.66. The Labute approximate surface area is 176 Å². The maximum Gasteiger partial charge on any atom is 0.193 e. The molecule has 0 saturated carbocycles. The van der Waals surface area contributed by atoms with E-state index in [-0.39, 0.29) is 5.43 Å². The largest absolute Gasteiger partial charge is 0.357 e. The van der Waals surface area contributed by atoms with Crippen molar-refractivity contribution >= 4 is 28.4 Å². The van der Waals surface area contributed by atoms with E-state index in [1.165, 1.54) is 0 Å². The second kappa shape index (κ2) is 8.41. The van der Waals surface area contributed by atoms with Crippen molar-refractivity contribution in [2.24, 2.45) is 0 Å². The molecule has 2 aromatic heterocycles. The Morgan fingerprint density at radius 2 is 1.57 bits per heavy atom. The lowest BCUT2D eigenvalue weighted by molar-refractivity contribution is 0.846. The first-order valence-electron chi connectivity index (χ1n) is 10.3. The van der Waals surface area contributed by atoms with Gasteiger partial charge in [0.05, 0.1) is 5.39 Å². The highest BCUT2D eigenvalue weighted by molar-refractivity contribution is 5.85. The summed E-state index contributed by atoms with van der Waals surface area (Å²) in [5.74, 6) is 1.57. The molecule has 2 heterocycles. The summed E-state index contributed by atoms with van der Waals surface area (Å²) in [6, 6.07) is 23.6. The molecular formula is C25H26N4O. The number of fused-ring (bicyclic) bond motifs is 1. The van der Waals surface area contributed by atoms with E-state index >= 15 is 0 Å². The fraction of sp³-hybridized carbons (Fsp3) is 0.200. The molecule has 0 atom stereocenters. The molecule has 0 aliphatic heterocycles. The van der Waals surface area contributed by atoms with Crippen LogP contribution in [0.15, 0.2) is 77.6 Å². The minimum Gasteiger partial charge on any atom is -0.357 e. The molecule has 0 spiro atoms. The summed E-state index contributed by atoms with van der Waals surface area (Å²) >= 11 is 0. The number of rotatable bonds is 6. The predicted octanol–water partition coefficient (Wildman–Crippen LogP) is 5.28. The van der Waals surface area contributed by atoms with Crippen LogP contribution in [-0.4, -0.2) is 22.6 Å². The fourth-order valence-corrected chi connectivity index (χ4v) is 3.79. The predicted molar refractivity (Wildman–Crippen MR) is 125 cm³/mol. The van der Waals surface area contributed by atoms with E-state index in [1.807, 2.05) is 78.2 Å². The highest BCUT2D eigenvalue weighted by Gasteiger charge is 2.17. The van der Waals surface area contributed by atoms with Gasteiger partial charge in [0.1, 0.15) is 11.6 Å². The van der Waals surface area contributed by atoms with Crippen molar-refractivity contribution in [1.29, 1.82) is 0 Å². The van der Waals surface area contributed by atoms with Crippen molar-refractivity contribution in [2.75, 3.05) is 23.3 Å². The van der Waals surface area contributed by atoms with Crippen LogP contribution in [0.1, 0.15) is 19.4 Å². The zero-order chi connectivity index (χ0) is 21.1. The minimum atomic E-state index is -0.0355. The maximum atomic E-state index is 13.1. The standard InChI is InChI=1S/C25H26N4O/c1-4-28(5-2)22-16-18(3)24-21(30)17-23(26-19-12-8-6-9-13-19)29(25(24)27-22)20-14-10-7-11-15-20/h6-17,26H,4-5H2,1-3H3. The van der Waals surface area contributed by atoms with E-state index in [9.17, 15) is 4.79 Å². The molecule has 0 aliphatic carbocycles. The first-order valence-corrected chi connectivity index (χ1v) is 10.3. The van der Waals surface area contributed by atoms with Crippen LogP contribution in [-0.2, 0) is 0 Å². The number of anilines is 3. The fourth-order valence-electron chi connectivity index (χ4n) is 3.79. The summed E-state index contributed by atoms with van der Waals surface area (Å²) < 4.78 is 2.03. The summed E-state index contributed by atoms with van der Waals surface area (Å²) in [6.07, 6.45) is 0. The van der Waals surface area contributed by atoms with Crippen molar-refractivity contribution in [3.8, 4) is 5.69 Å². The smallest absolute Gasteiger partial charge is 0.193 e. The third-order valence-corrected chi connectivity index (χ3v) is 5.30. The molecule has 152 valence electrons. The van der Waals surface area contributed by atoms with Crippen molar-refractivity contribution in [3.05, 3.63) is 88.6 Å². The van der Waals surface area contributed by atoms with Crippen LogP contribution < -0.4 is 15.6 Å². The summed E-state index contributed by atoms with van der Waals surface area (Å²) in [4.78, 5) is 20.3. The molecule has 5 nitrogen and oxygen atoms in total. The molecule has 0 bridgehead atoms. The topological polar surface area (TPSA) is 50.2 Å². The monoisotopic (exact) mass is 398 g/mol. The van der Waals surface area contributed by atoms with Crippen molar-refractivity contribution in [2.45, 2.75) is 20.8 Å². The average Bonchev–Trinajstić information content (AvgIpc) is 2.76. The number of pyridine rings is 2. The summed E-state index contributed by atoms with van der Waals surface area (Å²) in [5.41, 5.74) is 3.42. The van der Waals surface area contributed by atoms with Gasteiger partial charge >= 0.3 is 0 Å². The Morgan fingerprint density at radius 1 is 0.933 bits per heavy atom. The Bertz CT molecular complexity index is 1210. The van der Waals surface area contributed by atoms with Crippen LogP contribution in [0.4, 0.5) is 17.3 Å². The number of aromatic nitrogens is 2. The number of nitrogens with one attached hydrogen (secondary N) is 1. The average molecular weight is 399 g/mol. The molecule has 5 heteroatoms. The molecule has 0 radical (unpaired) electrons. The second-order valence-electron chi connectivity index (χ2n) is 7.22. The Morgan fingerprint density at radius 3 is 2.20 bits per heavy atom. The van der Waals surface area contributed by atoms with Crippen molar-refractivity contribution in [1.82, 2.24) is 9.55 Å². The van der Waals surface area contributed by atoms with E-state index in [2.05, 4.69) is 24.1 Å². The van der Waals surface area contributed by atoms with Gasteiger partial charge in [-0.1, -0.05) is 36.4 Å². The van der Waals surface area contributed by atoms with E-state index in [1.54, 1.807) is 6.07 Å². The Kier molecular flexibility index (Phi) is 5.53. The highest BCUT2D eigenvalue weighted by atomic mass is 16.1. The SMILES string of the molecule is CCN(CC)c1cc(C)c2c(=O)cc(Nc3ccccc3)n(-c3ccccc3)c2n1. The van der Waals surface area contributed by atoms with E-state index in [0.29, 0.717) is 16.9 Å². The molecule has 4 rings (SSSR count). The Balaban J connectivity index is 2.05. The first kappa shape index (κ1) is 19.7. The lowest BCUT2D eigenvalue weighted by Gasteiger charge is -2.23. The quantitative estimate of drug-likeness (QED) is 0.480. The maximum absolute atomic E-state index is 13.1. The van der Waals surface area contributed by atoms with Crippen LogP contribution in [0.25, 0.3) is 16.7 Å². The molecule has 0 fully saturated rings. The zero-order valence-electron chi connectivity index (χ0n) is 17.6. The molecule has 2 aromatic carbocycles. The number of hydrogen-bond acceptors (Lipinski definition) is 4. The van der Waals surface area contributed by atoms with Crippen LogP contribution in [0.3, 0.4) is 0 Å². The second-order valence-corrected chi connectivity index (χ2v) is 7.22. The zero-order valence-corrected chi connectivity index (χ0v) is 17.6. The van der Waals surface area contributed by atoms with Gasteiger partial charge in [0.2, 0.25) is 0 Å². The Hall–Kier alpha value is -3.60. The molecular weight excluding hydrogens is 372 g/mol. The van der Waals surface area contributed by atoms with Gasteiger partial charge in [-0.25, -0.2) is 4.98 Å². The number of para-hydroxylation sites is 2. The molecule has 0 amide bonds. The molecule has 0 saturated heterocycles. The highest BCUT2D eigenvalue weighted by Crippen LogP contribution is 2.27. The van der Waals surface area contributed by atoms with Crippen molar-refractivity contribution < 1.29 is 0 Å². The van der Waals surface area contributed by atoms with Crippen molar-refractivity contribution in [3.63, 3.8) is 0 Å². The van der Waals surface area contributed by atoms with Crippen LogP contribution >= 0.6 is 0 Å². The molecule has 1 N–H and O–H groups in total. The van der Waals surface area contributed by atoms with Gasteiger partial charge in [-0.15, -0.1) is 0 Å². The van der Waals surface area contributed by atoms with Gasteiger partial charge in [0.15, 0.2) is 11.1 Å². The molecule has 30 heavy (non-hydrogen) atoms. The summed E-state index contributed by atoms with van der Waals surface area (Å²) in [6.45, 7) is 7.92. The summed E-state index contributed by atoms with van der Waals surface area (Å²) in [7, 11) is 0. The van der Waals surface area contributed by atoms with Gasteiger partial charge in [-0.2, -0.15) is 0 Å².